The zero-order chi connectivity index (χ0) is 23.5. The third-order valence-corrected chi connectivity index (χ3v) is 8.84. The van der Waals surface area contributed by atoms with Crippen molar-refractivity contribution >= 4 is 37.5 Å². The molecule has 0 saturated carbocycles. The molecule has 2 aromatic carbocycles. The van der Waals surface area contributed by atoms with Gasteiger partial charge in [0.2, 0.25) is 10.0 Å². The lowest BCUT2D eigenvalue weighted by Crippen LogP contribution is -2.40. The van der Waals surface area contributed by atoms with Crippen LogP contribution in [0.5, 0.6) is 0 Å². The summed E-state index contributed by atoms with van der Waals surface area (Å²) in [6.07, 6.45) is 1.89. The highest BCUT2D eigenvalue weighted by molar-refractivity contribution is 7.92. The molecule has 4 rings (SSSR count). The molecular formula is C21H26N4O6S2. The fraction of sp³-hybridized carbons (Fsp3) is 0.381. The van der Waals surface area contributed by atoms with Gasteiger partial charge < -0.3 is 15.0 Å². The standard InChI is InChI=1S/C21H26N4O6S2/c26-21(24-11-3-4-12-24)22-19-5-1-2-6-20(19)23-32(27,28)17-7-9-18(10-8-17)33(29,30)25-13-15-31-16-14-25/h1-2,5-10,23H,3-4,11-16H2,(H,22,26). The second-order valence-electron chi connectivity index (χ2n) is 7.76. The van der Waals surface area contributed by atoms with Gasteiger partial charge in [0.05, 0.1) is 34.4 Å². The van der Waals surface area contributed by atoms with Gasteiger partial charge in [0, 0.05) is 26.2 Å². The maximum absolute atomic E-state index is 12.9. The number of morpholine rings is 1. The van der Waals surface area contributed by atoms with Gasteiger partial charge >= 0.3 is 6.03 Å². The Balaban J connectivity index is 1.51. The molecule has 0 unspecified atom stereocenters. The Morgan fingerprint density at radius 3 is 2.00 bits per heavy atom. The highest BCUT2D eigenvalue weighted by atomic mass is 32.2. The topological polar surface area (TPSA) is 125 Å². The minimum absolute atomic E-state index is 0.0154. The van der Waals surface area contributed by atoms with Crippen LogP contribution in [-0.4, -0.2) is 71.5 Å². The maximum Gasteiger partial charge on any atom is 0.321 e. The van der Waals surface area contributed by atoms with Gasteiger partial charge in [0.1, 0.15) is 0 Å². The number of nitrogens with zero attached hydrogens (tertiary/aromatic N) is 2. The second kappa shape index (κ2) is 9.67. The van der Waals surface area contributed by atoms with Crippen molar-refractivity contribution in [2.75, 3.05) is 49.4 Å². The Bertz CT molecular complexity index is 1200. The number of para-hydroxylation sites is 2. The molecule has 0 spiro atoms. The van der Waals surface area contributed by atoms with Crippen LogP contribution in [0.1, 0.15) is 12.8 Å². The van der Waals surface area contributed by atoms with Gasteiger partial charge in [-0.3, -0.25) is 4.72 Å². The second-order valence-corrected chi connectivity index (χ2v) is 11.4. The van der Waals surface area contributed by atoms with E-state index in [4.69, 9.17) is 4.74 Å². The van der Waals surface area contributed by atoms with Crippen LogP contribution in [0, 0.1) is 0 Å². The average molecular weight is 495 g/mol. The Kier molecular flexibility index (Phi) is 6.88. The van der Waals surface area contributed by atoms with E-state index in [0.717, 1.165) is 12.8 Å². The van der Waals surface area contributed by atoms with E-state index in [-0.39, 0.29) is 34.6 Å². The molecule has 2 fully saturated rings. The summed E-state index contributed by atoms with van der Waals surface area (Å²) in [7, 11) is -7.75. The Morgan fingerprint density at radius 2 is 1.36 bits per heavy atom. The minimum Gasteiger partial charge on any atom is -0.379 e. The number of hydrogen-bond donors (Lipinski definition) is 2. The first-order chi connectivity index (χ1) is 15.8. The van der Waals surface area contributed by atoms with E-state index in [9.17, 15) is 21.6 Å². The number of benzene rings is 2. The lowest BCUT2D eigenvalue weighted by atomic mass is 10.3. The van der Waals surface area contributed by atoms with Crippen LogP contribution >= 0.6 is 0 Å². The quantitative estimate of drug-likeness (QED) is 0.634. The molecule has 0 atom stereocenters. The highest BCUT2D eigenvalue weighted by Crippen LogP contribution is 2.26. The molecule has 2 aliphatic rings. The van der Waals surface area contributed by atoms with Crippen LogP contribution in [0.25, 0.3) is 0 Å². The van der Waals surface area contributed by atoms with Crippen LogP contribution in [0.3, 0.4) is 0 Å². The zero-order valence-electron chi connectivity index (χ0n) is 17.9. The SMILES string of the molecule is O=C(Nc1ccccc1NS(=O)(=O)c1ccc(S(=O)(=O)N2CCOCC2)cc1)N1CCCC1. The third kappa shape index (κ3) is 5.29. The zero-order valence-corrected chi connectivity index (χ0v) is 19.6. The molecule has 2 heterocycles. The monoisotopic (exact) mass is 494 g/mol. The van der Waals surface area contributed by atoms with Crippen LogP contribution in [0.2, 0.25) is 0 Å². The van der Waals surface area contributed by atoms with E-state index in [2.05, 4.69) is 10.0 Å². The van der Waals surface area contributed by atoms with Crippen molar-refractivity contribution < 1.29 is 26.4 Å². The summed E-state index contributed by atoms with van der Waals surface area (Å²) < 4.78 is 60.4. The van der Waals surface area contributed by atoms with Gasteiger partial charge in [-0.25, -0.2) is 21.6 Å². The van der Waals surface area contributed by atoms with Crippen molar-refractivity contribution in [2.24, 2.45) is 0 Å². The first-order valence-corrected chi connectivity index (χ1v) is 13.6. The fourth-order valence-corrected chi connectivity index (χ4v) is 6.21. The van der Waals surface area contributed by atoms with Crippen LogP contribution < -0.4 is 10.0 Å². The van der Waals surface area contributed by atoms with Gasteiger partial charge in [-0.05, 0) is 49.2 Å². The number of nitrogens with one attached hydrogen (secondary N) is 2. The van der Waals surface area contributed by atoms with E-state index in [1.807, 2.05) is 0 Å². The largest absolute Gasteiger partial charge is 0.379 e. The summed E-state index contributed by atoms with van der Waals surface area (Å²) in [5, 5.41) is 2.76. The summed E-state index contributed by atoms with van der Waals surface area (Å²) in [6.45, 7) is 2.49. The normalized spacial score (nSPS) is 17.6. The number of likely N-dealkylation sites (tertiary alicyclic amines) is 1. The van der Waals surface area contributed by atoms with Crippen molar-refractivity contribution in [3.05, 3.63) is 48.5 Å². The number of carbonyl (C=O) groups excluding carboxylic acids is 1. The third-order valence-electron chi connectivity index (χ3n) is 5.55. The van der Waals surface area contributed by atoms with Gasteiger partial charge in [-0.1, -0.05) is 12.1 Å². The minimum atomic E-state index is -4.02. The van der Waals surface area contributed by atoms with Gasteiger partial charge in [-0.15, -0.1) is 0 Å². The molecule has 0 aromatic heterocycles. The van der Waals surface area contributed by atoms with E-state index in [1.54, 1.807) is 29.2 Å². The Labute approximate surface area is 193 Å². The number of urea groups is 1. The molecule has 2 amide bonds. The molecule has 2 aliphatic heterocycles. The predicted octanol–water partition coefficient (Wildman–Crippen LogP) is 2.14. The first kappa shape index (κ1) is 23.5. The van der Waals surface area contributed by atoms with Gasteiger partial charge in [0.25, 0.3) is 10.0 Å². The number of rotatable bonds is 6. The Morgan fingerprint density at radius 1 is 0.788 bits per heavy atom. The number of hydrogen-bond acceptors (Lipinski definition) is 6. The van der Waals surface area contributed by atoms with E-state index >= 15 is 0 Å². The number of anilines is 2. The number of ether oxygens (including phenoxy) is 1. The van der Waals surface area contributed by atoms with E-state index < -0.39 is 20.0 Å². The molecule has 33 heavy (non-hydrogen) atoms. The van der Waals surface area contributed by atoms with Gasteiger partial charge in [0.15, 0.2) is 0 Å². The fourth-order valence-electron chi connectivity index (χ4n) is 3.73. The summed E-state index contributed by atoms with van der Waals surface area (Å²) in [5.74, 6) is 0. The maximum atomic E-state index is 12.9. The number of carbonyl (C=O) groups is 1. The summed E-state index contributed by atoms with van der Waals surface area (Å²) >= 11 is 0. The number of amides is 2. The van der Waals surface area contributed by atoms with Crippen molar-refractivity contribution in [2.45, 2.75) is 22.6 Å². The van der Waals surface area contributed by atoms with Crippen LogP contribution in [0.4, 0.5) is 16.2 Å². The molecule has 2 saturated heterocycles. The van der Waals surface area contributed by atoms with Crippen molar-refractivity contribution in [1.82, 2.24) is 9.21 Å². The van der Waals surface area contributed by atoms with Crippen molar-refractivity contribution in [3.8, 4) is 0 Å². The van der Waals surface area contributed by atoms with E-state index in [1.165, 1.54) is 28.6 Å². The smallest absolute Gasteiger partial charge is 0.321 e. The molecule has 0 aliphatic carbocycles. The summed E-state index contributed by atoms with van der Waals surface area (Å²) in [4.78, 5) is 14.0. The van der Waals surface area contributed by atoms with Crippen LogP contribution in [0.15, 0.2) is 58.3 Å². The molecule has 2 N–H and O–H groups in total. The summed E-state index contributed by atoms with van der Waals surface area (Å²) in [5.41, 5.74) is 0.555. The Hall–Kier alpha value is -2.67. The lowest BCUT2D eigenvalue weighted by Gasteiger charge is -2.26. The van der Waals surface area contributed by atoms with E-state index in [0.29, 0.717) is 32.0 Å². The van der Waals surface area contributed by atoms with Crippen molar-refractivity contribution in [1.29, 1.82) is 0 Å². The molecular weight excluding hydrogens is 468 g/mol. The molecule has 0 radical (unpaired) electrons. The predicted molar refractivity (Wildman–Crippen MR) is 123 cm³/mol. The molecule has 2 aromatic rings. The average Bonchev–Trinajstić information content (AvgIpc) is 3.36. The molecule has 10 nitrogen and oxygen atoms in total. The van der Waals surface area contributed by atoms with Crippen molar-refractivity contribution in [3.63, 3.8) is 0 Å². The molecule has 0 bridgehead atoms. The number of sulfonamides is 2. The van der Waals surface area contributed by atoms with Gasteiger partial charge in [-0.2, -0.15) is 4.31 Å². The molecule has 12 heteroatoms. The summed E-state index contributed by atoms with van der Waals surface area (Å²) in [6, 6.07) is 11.3. The molecule has 178 valence electrons. The highest BCUT2D eigenvalue weighted by Gasteiger charge is 2.27. The van der Waals surface area contributed by atoms with Crippen LogP contribution in [-0.2, 0) is 24.8 Å². The first-order valence-electron chi connectivity index (χ1n) is 10.6. The lowest BCUT2D eigenvalue weighted by molar-refractivity contribution is 0.0730.